The van der Waals surface area contributed by atoms with E-state index in [1.807, 2.05) is 51.0 Å². The second-order valence-corrected chi connectivity index (χ2v) is 15.2. The van der Waals surface area contributed by atoms with Gasteiger partial charge in [0, 0.05) is 37.3 Å². The lowest BCUT2D eigenvalue weighted by atomic mass is 9.74. The molecule has 0 aliphatic carbocycles. The molecular formula is C38H63N3O9. The number of nitrogens with zero attached hydrogens (tertiary/aromatic N) is 2. The number of para-hydroxylation sites is 1. The van der Waals surface area contributed by atoms with Gasteiger partial charge in [0.05, 0.1) is 24.4 Å². The number of methoxy groups -OCH3 is 1. The molecule has 0 unspecified atom stereocenters. The Kier molecular flexibility index (Phi) is 15.7. The maximum absolute atomic E-state index is 14.3. The average Bonchev–Trinajstić information content (AvgIpc) is 3.06. The molecule has 50 heavy (non-hydrogen) atoms. The number of anilines is 1. The molecule has 2 fully saturated rings. The first-order chi connectivity index (χ1) is 23.5. The molecule has 9 atom stereocenters. The van der Waals surface area contributed by atoms with E-state index in [1.165, 1.54) is 0 Å². The minimum atomic E-state index is -1.49. The first-order valence-corrected chi connectivity index (χ1v) is 18.2. The molecular weight excluding hydrogens is 642 g/mol. The molecule has 3 rings (SSSR count). The molecule has 0 saturated carbocycles. The van der Waals surface area contributed by atoms with Crippen molar-refractivity contribution in [1.29, 1.82) is 0 Å². The number of hydrogen-bond acceptors (Lipinski definition) is 11. The molecule has 284 valence electrons. The summed E-state index contributed by atoms with van der Waals surface area (Å²) in [6, 6.07) is 8.75. The number of amides is 1. The number of esters is 1. The predicted molar refractivity (Wildman–Crippen MR) is 192 cm³/mol. The molecule has 1 aromatic rings. The van der Waals surface area contributed by atoms with E-state index in [0.29, 0.717) is 37.9 Å². The van der Waals surface area contributed by atoms with Crippen LogP contribution in [0.2, 0.25) is 0 Å². The molecule has 2 saturated heterocycles. The SMILES string of the molecule is CCCN1C[C@H](C)C[C@@](C)(OC)[C@H](O[C@@H]2O[C@H](C)C[C@H](N(C)C)[C@H]2O)[C@@H](C)C(=O)C(C)(C)C(=O)OC[C@H]1CCCOC(=O)Nc1ccccc1. The van der Waals surface area contributed by atoms with Crippen molar-refractivity contribution in [2.45, 2.75) is 123 Å². The van der Waals surface area contributed by atoms with Crippen LogP contribution in [0.1, 0.15) is 80.6 Å². The number of carbonyl (C=O) groups excluding carboxylic acids is 3. The number of carbonyl (C=O) groups is 3. The van der Waals surface area contributed by atoms with Crippen LogP contribution in [0.25, 0.3) is 0 Å². The number of cyclic esters (lactones) is 1. The highest BCUT2D eigenvalue weighted by molar-refractivity contribution is 6.04. The number of aliphatic hydroxyl groups is 1. The van der Waals surface area contributed by atoms with Crippen molar-refractivity contribution in [3.8, 4) is 0 Å². The highest BCUT2D eigenvalue weighted by Gasteiger charge is 2.51. The van der Waals surface area contributed by atoms with Gasteiger partial charge in [0.15, 0.2) is 12.1 Å². The Balaban J connectivity index is 1.87. The van der Waals surface area contributed by atoms with E-state index < -0.39 is 47.5 Å². The zero-order valence-corrected chi connectivity index (χ0v) is 32.0. The van der Waals surface area contributed by atoms with Gasteiger partial charge in [-0.1, -0.05) is 39.0 Å². The highest BCUT2D eigenvalue weighted by atomic mass is 16.7. The summed E-state index contributed by atoms with van der Waals surface area (Å²) in [5, 5.41) is 14.1. The Hall–Kier alpha value is -2.61. The third-order valence-corrected chi connectivity index (χ3v) is 10.3. The van der Waals surface area contributed by atoms with Gasteiger partial charge in [-0.2, -0.15) is 0 Å². The predicted octanol–water partition coefficient (Wildman–Crippen LogP) is 5.13. The largest absolute Gasteiger partial charge is 0.463 e. The maximum atomic E-state index is 14.3. The number of nitrogens with one attached hydrogen (secondary N) is 1. The van der Waals surface area contributed by atoms with Gasteiger partial charge >= 0.3 is 12.1 Å². The van der Waals surface area contributed by atoms with Crippen molar-refractivity contribution >= 4 is 23.5 Å². The summed E-state index contributed by atoms with van der Waals surface area (Å²) in [5.74, 6) is -1.69. The van der Waals surface area contributed by atoms with Crippen molar-refractivity contribution in [2.75, 3.05) is 52.8 Å². The lowest BCUT2D eigenvalue weighted by molar-refractivity contribution is -0.295. The van der Waals surface area contributed by atoms with E-state index in [-0.39, 0.29) is 43.1 Å². The number of aliphatic hydroxyl groups excluding tert-OH is 1. The number of ether oxygens (including phenoxy) is 5. The zero-order chi connectivity index (χ0) is 37.2. The van der Waals surface area contributed by atoms with Crippen LogP contribution in [0.4, 0.5) is 10.5 Å². The lowest BCUT2D eigenvalue weighted by Crippen LogP contribution is -2.59. The van der Waals surface area contributed by atoms with Gasteiger partial charge in [-0.15, -0.1) is 0 Å². The monoisotopic (exact) mass is 705 g/mol. The van der Waals surface area contributed by atoms with Crippen molar-refractivity contribution < 1.29 is 43.2 Å². The van der Waals surface area contributed by atoms with Gasteiger partial charge in [0.2, 0.25) is 0 Å². The van der Waals surface area contributed by atoms with Gasteiger partial charge in [0.25, 0.3) is 0 Å². The smallest absolute Gasteiger partial charge is 0.411 e. The fourth-order valence-electron chi connectivity index (χ4n) is 7.46. The van der Waals surface area contributed by atoms with Crippen LogP contribution in [-0.2, 0) is 33.3 Å². The minimum Gasteiger partial charge on any atom is -0.463 e. The lowest BCUT2D eigenvalue weighted by Gasteiger charge is -2.47. The van der Waals surface area contributed by atoms with Crippen LogP contribution >= 0.6 is 0 Å². The van der Waals surface area contributed by atoms with Crippen LogP contribution in [0.5, 0.6) is 0 Å². The average molecular weight is 706 g/mol. The second-order valence-electron chi connectivity index (χ2n) is 15.2. The van der Waals surface area contributed by atoms with E-state index in [0.717, 1.165) is 13.0 Å². The number of Topliss-reactive ketones (excluding diaryl/α,β-unsaturated/α-hetero) is 1. The van der Waals surface area contributed by atoms with Gasteiger partial charge in [-0.3, -0.25) is 19.8 Å². The standard InChI is InChI=1S/C38H63N3O9/c1-11-19-41-23-25(2)22-38(7,46-10)33(50-34-31(42)30(40(8)9)21-26(3)49-34)27(4)32(43)37(5,6)35(44)48-24-29(41)18-15-20-47-36(45)39-28-16-13-12-14-17-28/h12-14,16-17,25-27,29-31,33-34,42H,11,15,18-24H2,1-10H3,(H,39,45)/t25-,26-,27+,29-,30+,31-,33-,34+,38-/m1/s1. The van der Waals surface area contributed by atoms with Crippen LogP contribution < -0.4 is 5.32 Å². The molecule has 0 spiro atoms. The van der Waals surface area contributed by atoms with Crippen molar-refractivity contribution in [3.63, 3.8) is 0 Å². The van der Waals surface area contributed by atoms with Crippen molar-refractivity contribution in [2.24, 2.45) is 17.3 Å². The third kappa shape index (κ3) is 10.9. The molecule has 12 heteroatoms. The Morgan fingerprint density at radius 2 is 1.80 bits per heavy atom. The Labute approximate surface area is 299 Å². The molecule has 12 nitrogen and oxygen atoms in total. The summed E-state index contributed by atoms with van der Waals surface area (Å²) in [6.07, 6.45) is -0.310. The first-order valence-electron chi connectivity index (χ1n) is 18.2. The van der Waals surface area contributed by atoms with Crippen LogP contribution in [0.3, 0.4) is 0 Å². The molecule has 2 N–H and O–H groups in total. The molecule has 0 radical (unpaired) electrons. The molecule has 0 bridgehead atoms. The fraction of sp³-hybridized carbons (Fsp3) is 0.763. The zero-order valence-electron chi connectivity index (χ0n) is 32.0. The Bertz CT molecular complexity index is 1230. The van der Waals surface area contributed by atoms with E-state index in [2.05, 4.69) is 24.1 Å². The van der Waals surface area contributed by atoms with Crippen LogP contribution in [0, 0.1) is 17.3 Å². The summed E-state index contributed by atoms with van der Waals surface area (Å²) in [5.41, 5.74) is -1.81. The number of ketones is 1. The van der Waals surface area contributed by atoms with Gasteiger partial charge < -0.3 is 33.7 Å². The van der Waals surface area contributed by atoms with Gasteiger partial charge in [-0.05, 0) is 98.5 Å². The second kappa shape index (κ2) is 18.8. The molecule has 1 amide bonds. The molecule has 2 heterocycles. The van der Waals surface area contributed by atoms with E-state index in [9.17, 15) is 19.5 Å². The molecule has 2 aliphatic rings. The number of benzene rings is 1. The van der Waals surface area contributed by atoms with E-state index in [4.69, 9.17) is 23.7 Å². The maximum Gasteiger partial charge on any atom is 0.411 e. The fourth-order valence-corrected chi connectivity index (χ4v) is 7.46. The van der Waals surface area contributed by atoms with Gasteiger partial charge in [-0.25, -0.2) is 4.79 Å². The first kappa shape index (κ1) is 41.8. The highest BCUT2D eigenvalue weighted by Crippen LogP contribution is 2.38. The summed E-state index contributed by atoms with van der Waals surface area (Å²) in [4.78, 5) is 44.6. The summed E-state index contributed by atoms with van der Waals surface area (Å²) in [7, 11) is 5.43. The number of hydrogen-bond donors (Lipinski definition) is 2. The topological polar surface area (TPSA) is 136 Å². The van der Waals surface area contributed by atoms with Crippen molar-refractivity contribution in [3.05, 3.63) is 30.3 Å². The normalized spacial score (nSPS) is 33.1. The Morgan fingerprint density at radius 1 is 1.12 bits per heavy atom. The summed E-state index contributed by atoms with van der Waals surface area (Å²) >= 11 is 0. The third-order valence-electron chi connectivity index (χ3n) is 10.3. The molecule has 2 aliphatic heterocycles. The minimum absolute atomic E-state index is 0.0745. The molecule has 0 aromatic heterocycles. The van der Waals surface area contributed by atoms with E-state index in [1.54, 1.807) is 40.0 Å². The molecule has 1 aromatic carbocycles. The quantitative estimate of drug-likeness (QED) is 0.180. The van der Waals surface area contributed by atoms with Gasteiger partial charge in [0.1, 0.15) is 18.1 Å². The summed E-state index contributed by atoms with van der Waals surface area (Å²) < 4.78 is 30.4. The number of rotatable bonds is 11. The number of likely N-dealkylation sites (N-methyl/N-ethyl adjacent to an activating group) is 1. The van der Waals surface area contributed by atoms with Crippen molar-refractivity contribution in [1.82, 2.24) is 9.80 Å². The Morgan fingerprint density at radius 3 is 2.42 bits per heavy atom. The van der Waals surface area contributed by atoms with Crippen LogP contribution in [0.15, 0.2) is 30.3 Å². The summed E-state index contributed by atoms with van der Waals surface area (Å²) in [6.45, 7) is 14.8. The van der Waals surface area contributed by atoms with E-state index >= 15 is 0 Å². The van der Waals surface area contributed by atoms with Crippen LogP contribution in [-0.4, -0.2) is 123 Å².